The molecule has 0 aliphatic carbocycles. The number of hydrogen-bond donors (Lipinski definition) is 2. The molecule has 1 aliphatic heterocycles. The van der Waals surface area contributed by atoms with Crippen LogP contribution in [0, 0.1) is 0 Å². The topological polar surface area (TPSA) is 118 Å². The van der Waals surface area contributed by atoms with Crippen LogP contribution in [0.25, 0.3) is 0 Å². The number of halogens is 1. The average molecular weight is 493 g/mol. The summed E-state index contributed by atoms with van der Waals surface area (Å²) < 4.78 is 32.4. The van der Waals surface area contributed by atoms with Gasteiger partial charge in [0.2, 0.25) is 5.91 Å². The fourth-order valence-corrected chi connectivity index (χ4v) is 5.23. The molecule has 1 fully saturated rings. The summed E-state index contributed by atoms with van der Waals surface area (Å²) in [5.74, 6) is -0.373. The first kappa shape index (κ1) is 22.1. The SMILES string of the molecule is COc1ccc(N2C(=O)C[C@@H](Nc3ccc(S(=O)(=O)Nc4nccs4)cc3)C2=O)cc1Cl. The van der Waals surface area contributed by atoms with Crippen LogP contribution in [0.4, 0.5) is 16.5 Å². The summed E-state index contributed by atoms with van der Waals surface area (Å²) >= 11 is 7.29. The summed E-state index contributed by atoms with van der Waals surface area (Å²) in [6, 6.07) is 9.73. The lowest BCUT2D eigenvalue weighted by molar-refractivity contribution is -0.121. The summed E-state index contributed by atoms with van der Waals surface area (Å²) in [7, 11) is -2.31. The molecule has 9 nitrogen and oxygen atoms in total. The maximum atomic E-state index is 12.8. The molecule has 0 unspecified atom stereocenters. The van der Waals surface area contributed by atoms with E-state index in [1.165, 1.54) is 55.0 Å². The van der Waals surface area contributed by atoms with Gasteiger partial charge in [0.1, 0.15) is 11.8 Å². The molecule has 1 atom stereocenters. The highest BCUT2D eigenvalue weighted by Gasteiger charge is 2.39. The van der Waals surface area contributed by atoms with Gasteiger partial charge in [-0.05, 0) is 42.5 Å². The van der Waals surface area contributed by atoms with Gasteiger partial charge in [0.15, 0.2) is 5.13 Å². The van der Waals surface area contributed by atoms with Crippen molar-refractivity contribution >= 4 is 61.3 Å². The molecule has 2 amide bonds. The summed E-state index contributed by atoms with van der Waals surface area (Å²) in [6.07, 6.45) is 1.45. The molecular weight excluding hydrogens is 476 g/mol. The minimum atomic E-state index is -3.78. The van der Waals surface area contributed by atoms with Crippen molar-refractivity contribution in [3.05, 3.63) is 59.1 Å². The molecule has 1 aromatic heterocycles. The molecule has 2 N–H and O–H groups in total. The van der Waals surface area contributed by atoms with Gasteiger partial charge in [0.05, 0.1) is 29.1 Å². The van der Waals surface area contributed by atoms with Crippen LogP contribution in [-0.2, 0) is 19.6 Å². The molecule has 1 saturated heterocycles. The molecular formula is C20H17ClN4O5S2. The number of imide groups is 1. The van der Waals surface area contributed by atoms with Crippen LogP contribution in [0.2, 0.25) is 5.02 Å². The monoisotopic (exact) mass is 492 g/mol. The number of methoxy groups -OCH3 is 1. The zero-order valence-electron chi connectivity index (χ0n) is 16.6. The molecule has 3 aromatic rings. The van der Waals surface area contributed by atoms with Gasteiger partial charge in [0.25, 0.3) is 15.9 Å². The van der Waals surface area contributed by atoms with Crippen LogP contribution in [0.15, 0.2) is 58.9 Å². The molecule has 32 heavy (non-hydrogen) atoms. The van der Waals surface area contributed by atoms with Gasteiger partial charge in [-0.25, -0.2) is 18.3 Å². The molecule has 4 rings (SSSR count). The largest absolute Gasteiger partial charge is 0.495 e. The number of aromatic nitrogens is 1. The highest BCUT2D eigenvalue weighted by molar-refractivity contribution is 7.93. The third-order valence-corrected chi connectivity index (χ3v) is 7.17. The number of hydrogen-bond acceptors (Lipinski definition) is 8. The van der Waals surface area contributed by atoms with Crippen LogP contribution in [0.3, 0.4) is 0 Å². The van der Waals surface area contributed by atoms with Gasteiger partial charge in [-0.15, -0.1) is 11.3 Å². The van der Waals surface area contributed by atoms with Crippen LogP contribution >= 0.6 is 22.9 Å². The highest BCUT2D eigenvalue weighted by Crippen LogP contribution is 2.32. The molecule has 0 radical (unpaired) electrons. The van der Waals surface area contributed by atoms with E-state index in [1.807, 2.05) is 0 Å². The van der Waals surface area contributed by atoms with Crippen molar-refractivity contribution in [1.82, 2.24) is 4.98 Å². The molecule has 2 aromatic carbocycles. The standard InChI is InChI=1S/C20H17ClN4O5S2/c1-30-17-7-4-13(10-15(17)21)25-18(26)11-16(19(25)27)23-12-2-5-14(6-3-12)32(28,29)24-20-22-8-9-31-20/h2-10,16,23H,11H2,1H3,(H,22,24)/t16-/m1/s1. The third kappa shape index (κ3) is 4.40. The number of nitrogens with one attached hydrogen (secondary N) is 2. The normalized spacial score (nSPS) is 16.3. The molecule has 0 saturated carbocycles. The van der Waals surface area contributed by atoms with Gasteiger partial charge in [-0.1, -0.05) is 11.6 Å². The lowest BCUT2D eigenvalue weighted by atomic mass is 10.2. The molecule has 166 valence electrons. The quantitative estimate of drug-likeness (QED) is 0.485. The Balaban J connectivity index is 1.47. The number of anilines is 3. The second-order valence-electron chi connectivity index (χ2n) is 6.75. The van der Waals surface area contributed by atoms with Crippen molar-refractivity contribution in [1.29, 1.82) is 0 Å². The summed E-state index contributed by atoms with van der Waals surface area (Å²) in [4.78, 5) is 30.3. The fraction of sp³-hybridized carbons (Fsp3) is 0.150. The Bertz CT molecular complexity index is 1260. The van der Waals surface area contributed by atoms with E-state index in [0.717, 1.165) is 4.90 Å². The first-order valence-corrected chi connectivity index (χ1v) is 12.0. The zero-order valence-corrected chi connectivity index (χ0v) is 19.0. The Morgan fingerprint density at radius 3 is 2.56 bits per heavy atom. The summed E-state index contributed by atoms with van der Waals surface area (Å²) in [6.45, 7) is 0. The van der Waals surface area contributed by atoms with E-state index in [9.17, 15) is 18.0 Å². The van der Waals surface area contributed by atoms with Crippen molar-refractivity contribution < 1.29 is 22.7 Å². The van der Waals surface area contributed by atoms with Crippen molar-refractivity contribution in [2.75, 3.05) is 22.0 Å². The fourth-order valence-electron chi connectivity index (χ4n) is 3.19. The van der Waals surface area contributed by atoms with Gasteiger partial charge in [0, 0.05) is 17.3 Å². The van der Waals surface area contributed by atoms with E-state index in [1.54, 1.807) is 17.5 Å². The lowest BCUT2D eigenvalue weighted by Gasteiger charge is -2.17. The number of thiazole rings is 1. The smallest absolute Gasteiger partial charge is 0.263 e. The zero-order chi connectivity index (χ0) is 22.9. The number of carbonyl (C=O) groups excluding carboxylic acids is 2. The number of amides is 2. The minimum Gasteiger partial charge on any atom is -0.495 e. The highest BCUT2D eigenvalue weighted by atomic mass is 35.5. The maximum absolute atomic E-state index is 12.8. The minimum absolute atomic E-state index is 0.0431. The number of carbonyl (C=O) groups is 2. The second kappa shape index (κ2) is 8.77. The van der Waals surface area contributed by atoms with Crippen LogP contribution in [0.5, 0.6) is 5.75 Å². The molecule has 0 bridgehead atoms. The van der Waals surface area contributed by atoms with Gasteiger partial charge in [-0.2, -0.15) is 0 Å². The van der Waals surface area contributed by atoms with Crippen molar-refractivity contribution in [2.24, 2.45) is 0 Å². The Morgan fingerprint density at radius 2 is 1.94 bits per heavy atom. The third-order valence-electron chi connectivity index (χ3n) is 4.70. The number of ether oxygens (including phenoxy) is 1. The van der Waals surface area contributed by atoms with Crippen LogP contribution in [0.1, 0.15) is 6.42 Å². The van der Waals surface area contributed by atoms with E-state index < -0.39 is 22.0 Å². The van der Waals surface area contributed by atoms with Crippen molar-refractivity contribution in [3.63, 3.8) is 0 Å². The number of rotatable bonds is 7. The molecule has 2 heterocycles. The summed E-state index contributed by atoms with van der Waals surface area (Å²) in [5, 5.41) is 5.19. The Hall–Kier alpha value is -3.15. The summed E-state index contributed by atoms with van der Waals surface area (Å²) in [5.41, 5.74) is 0.851. The molecule has 1 aliphatic rings. The van der Waals surface area contributed by atoms with E-state index in [4.69, 9.17) is 16.3 Å². The van der Waals surface area contributed by atoms with E-state index in [-0.39, 0.29) is 27.4 Å². The van der Waals surface area contributed by atoms with Crippen molar-refractivity contribution in [2.45, 2.75) is 17.4 Å². The molecule has 0 spiro atoms. The average Bonchev–Trinajstić information content (AvgIpc) is 3.35. The first-order valence-electron chi connectivity index (χ1n) is 9.28. The Morgan fingerprint density at radius 1 is 1.19 bits per heavy atom. The van der Waals surface area contributed by atoms with Crippen LogP contribution in [-0.4, -0.2) is 38.4 Å². The van der Waals surface area contributed by atoms with E-state index >= 15 is 0 Å². The predicted molar refractivity (Wildman–Crippen MR) is 122 cm³/mol. The van der Waals surface area contributed by atoms with Gasteiger partial charge < -0.3 is 10.1 Å². The van der Waals surface area contributed by atoms with Gasteiger partial charge >= 0.3 is 0 Å². The Labute approximate surface area is 193 Å². The maximum Gasteiger partial charge on any atom is 0.263 e. The van der Waals surface area contributed by atoms with Crippen LogP contribution < -0.4 is 19.7 Å². The number of nitrogens with zero attached hydrogens (tertiary/aromatic N) is 2. The number of sulfonamides is 1. The molecule has 12 heteroatoms. The lowest BCUT2D eigenvalue weighted by Crippen LogP contribution is -2.34. The van der Waals surface area contributed by atoms with Gasteiger partial charge in [-0.3, -0.25) is 14.3 Å². The number of benzene rings is 2. The first-order chi connectivity index (χ1) is 15.3. The predicted octanol–water partition coefficient (Wildman–Crippen LogP) is 3.35. The second-order valence-corrected chi connectivity index (χ2v) is 9.74. The Kier molecular flexibility index (Phi) is 6.04. The van der Waals surface area contributed by atoms with Crippen molar-refractivity contribution in [3.8, 4) is 5.75 Å². The van der Waals surface area contributed by atoms with E-state index in [2.05, 4.69) is 15.0 Å². The van der Waals surface area contributed by atoms with E-state index in [0.29, 0.717) is 17.1 Å².